The van der Waals surface area contributed by atoms with Crippen LogP contribution < -0.4 is 5.32 Å². The van der Waals surface area contributed by atoms with Gasteiger partial charge in [-0.05, 0) is 42.5 Å². The third kappa shape index (κ3) is 5.90. The Hall–Kier alpha value is -1.70. The third-order valence-electron chi connectivity index (χ3n) is 5.38. The third-order valence-corrected chi connectivity index (χ3v) is 7.73. The molecule has 2 aromatic rings. The molecule has 156 valence electrons. The van der Waals surface area contributed by atoms with Gasteiger partial charge in [0.25, 0.3) is 0 Å². The van der Waals surface area contributed by atoms with Gasteiger partial charge in [-0.15, -0.1) is 0 Å². The fourth-order valence-corrected chi connectivity index (χ4v) is 5.72. The van der Waals surface area contributed by atoms with E-state index in [1.165, 1.54) is 4.31 Å². The van der Waals surface area contributed by atoms with Crippen molar-refractivity contribution >= 4 is 31.9 Å². The van der Waals surface area contributed by atoms with Crippen LogP contribution in [0.2, 0.25) is 0 Å². The van der Waals surface area contributed by atoms with Crippen LogP contribution in [0, 0.1) is 5.92 Å². The van der Waals surface area contributed by atoms with Crippen molar-refractivity contribution in [2.75, 3.05) is 13.1 Å². The minimum absolute atomic E-state index is 0.0120. The molecule has 1 aliphatic heterocycles. The first-order valence-corrected chi connectivity index (χ1v) is 12.4. The number of nitrogens with one attached hydrogen (secondary N) is 1. The van der Waals surface area contributed by atoms with Gasteiger partial charge >= 0.3 is 0 Å². The fourth-order valence-electron chi connectivity index (χ4n) is 3.72. The number of amides is 1. The highest BCUT2D eigenvalue weighted by Gasteiger charge is 2.31. The number of rotatable bonds is 7. The average molecular weight is 479 g/mol. The fraction of sp³-hybridized carbons (Fsp3) is 0.409. The van der Waals surface area contributed by atoms with Gasteiger partial charge in [-0.2, -0.15) is 0 Å². The van der Waals surface area contributed by atoms with E-state index in [0.717, 1.165) is 22.0 Å². The van der Waals surface area contributed by atoms with Crippen LogP contribution in [0.25, 0.3) is 0 Å². The summed E-state index contributed by atoms with van der Waals surface area (Å²) in [7, 11) is -3.39. The number of hydrogen-bond donors (Lipinski definition) is 1. The second kappa shape index (κ2) is 9.87. The molecule has 1 saturated heterocycles. The van der Waals surface area contributed by atoms with Crippen LogP contribution in [-0.2, 0) is 20.6 Å². The SMILES string of the molecule is CC[C@H](NC(=O)C1CCN(S(=O)(=O)Cc2cccc(Br)c2)CC1)c1ccccc1. The first-order chi connectivity index (χ1) is 13.9. The monoisotopic (exact) mass is 478 g/mol. The quantitative estimate of drug-likeness (QED) is 0.646. The molecule has 0 saturated carbocycles. The summed E-state index contributed by atoms with van der Waals surface area (Å²) in [6.07, 6.45) is 1.92. The lowest BCUT2D eigenvalue weighted by atomic mass is 9.96. The average Bonchev–Trinajstić information content (AvgIpc) is 2.72. The molecule has 3 rings (SSSR count). The molecule has 0 unspecified atom stereocenters. The molecule has 5 nitrogen and oxygen atoms in total. The van der Waals surface area contributed by atoms with Crippen LogP contribution in [0.3, 0.4) is 0 Å². The number of sulfonamides is 1. The maximum atomic E-state index is 12.8. The van der Waals surface area contributed by atoms with Gasteiger partial charge in [-0.1, -0.05) is 65.3 Å². The molecule has 1 aliphatic rings. The summed E-state index contributed by atoms with van der Waals surface area (Å²) < 4.78 is 27.9. The zero-order valence-electron chi connectivity index (χ0n) is 16.6. The van der Waals surface area contributed by atoms with Gasteiger partial charge in [-0.25, -0.2) is 12.7 Å². The molecular weight excluding hydrogens is 452 g/mol. The lowest BCUT2D eigenvalue weighted by Crippen LogP contribution is -2.44. The Bertz CT molecular complexity index is 926. The van der Waals surface area contributed by atoms with E-state index in [0.29, 0.717) is 25.9 Å². The van der Waals surface area contributed by atoms with E-state index in [2.05, 4.69) is 28.2 Å². The molecule has 1 amide bonds. The van der Waals surface area contributed by atoms with Gasteiger partial charge in [0.05, 0.1) is 11.8 Å². The maximum absolute atomic E-state index is 12.8. The molecule has 0 spiro atoms. The Morgan fingerprint density at radius 2 is 1.83 bits per heavy atom. The standard InChI is InChI=1S/C22H27BrN2O3S/c1-2-21(18-8-4-3-5-9-18)24-22(26)19-11-13-25(14-12-19)29(27,28)16-17-7-6-10-20(23)15-17/h3-10,15,19,21H,2,11-14,16H2,1H3,(H,24,26)/t21-/m0/s1. The largest absolute Gasteiger partial charge is 0.349 e. The Kier molecular flexibility index (Phi) is 7.49. The van der Waals surface area contributed by atoms with E-state index >= 15 is 0 Å². The molecule has 1 heterocycles. The summed E-state index contributed by atoms with van der Waals surface area (Å²) in [4.78, 5) is 12.7. The highest BCUT2D eigenvalue weighted by molar-refractivity contribution is 9.10. The maximum Gasteiger partial charge on any atom is 0.223 e. The summed E-state index contributed by atoms with van der Waals surface area (Å²) in [6, 6.07) is 17.3. The van der Waals surface area contributed by atoms with E-state index in [9.17, 15) is 13.2 Å². The van der Waals surface area contributed by atoms with E-state index in [4.69, 9.17) is 0 Å². The Labute approximate surface area is 181 Å². The molecule has 2 aromatic carbocycles. The Balaban J connectivity index is 1.56. The number of carbonyl (C=O) groups is 1. The zero-order chi connectivity index (χ0) is 20.9. The van der Waals surface area contributed by atoms with E-state index in [-0.39, 0.29) is 23.6 Å². The lowest BCUT2D eigenvalue weighted by molar-refractivity contribution is -0.126. The van der Waals surface area contributed by atoms with Crippen molar-refractivity contribution in [3.63, 3.8) is 0 Å². The van der Waals surface area contributed by atoms with Crippen LogP contribution >= 0.6 is 15.9 Å². The van der Waals surface area contributed by atoms with Crippen molar-refractivity contribution in [1.82, 2.24) is 9.62 Å². The van der Waals surface area contributed by atoms with Gasteiger partial charge in [0.1, 0.15) is 0 Å². The normalized spacial score (nSPS) is 17.0. The van der Waals surface area contributed by atoms with Gasteiger partial charge < -0.3 is 5.32 Å². The minimum atomic E-state index is -3.39. The molecule has 0 aliphatic carbocycles. The van der Waals surface area contributed by atoms with E-state index < -0.39 is 10.0 Å². The van der Waals surface area contributed by atoms with Gasteiger partial charge in [0.2, 0.25) is 15.9 Å². The molecule has 1 N–H and O–H groups in total. The molecule has 1 fully saturated rings. The number of halogens is 1. The zero-order valence-corrected chi connectivity index (χ0v) is 19.0. The topological polar surface area (TPSA) is 66.5 Å². The smallest absolute Gasteiger partial charge is 0.223 e. The molecule has 0 bridgehead atoms. The lowest BCUT2D eigenvalue weighted by Gasteiger charge is -2.31. The van der Waals surface area contributed by atoms with Crippen LogP contribution in [0.15, 0.2) is 59.1 Å². The van der Waals surface area contributed by atoms with Crippen molar-refractivity contribution < 1.29 is 13.2 Å². The van der Waals surface area contributed by atoms with E-state index in [1.807, 2.05) is 54.6 Å². The minimum Gasteiger partial charge on any atom is -0.349 e. The van der Waals surface area contributed by atoms with E-state index in [1.54, 1.807) is 0 Å². The first-order valence-electron chi connectivity index (χ1n) is 9.96. The van der Waals surface area contributed by atoms with Crippen LogP contribution in [0.1, 0.15) is 43.4 Å². The molecule has 0 aromatic heterocycles. The molecule has 0 radical (unpaired) electrons. The number of carbonyl (C=O) groups excluding carboxylic acids is 1. The number of benzene rings is 2. The molecule has 1 atom stereocenters. The van der Waals surface area contributed by atoms with Crippen LogP contribution in [0.5, 0.6) is 0 Å². The summed E-state index contributed by atoms with van der Waals surface area (Å²) >= 11 is 3.38. The summed E-state index contributed by atoms with van der Waals surface area (Å²) in [5, 5.41) is 3.14. The van der Waals surface area contributed by atoms with Gasteiger partial charge in [0.15, 0.2) is 0 Å². The van der Waals surface area contributed by atoms with Crippen molar-refractivity contribution in [1.29, 1.82) is 0 Å². The summed E-state index contributed by atoms with van der Waals surface area (Å²) in [5.74, 6) is -0.148. The molecule has 29 heavy (non-hydrogen) atoms. The second-order valence-electron chi connectivity index (χ2n) is 7.44. The number of nitrogens with zero attached hydrogens (tertiary/aromatic N) is 1. The molecule has 7 heteroatoms. The molecular formula is C22H27BrN2O3S. The van der Waals surface area contributed by atoms with Gasteiger partial charge in [-0.3, -0.25) is 4.79 Å². The van der Waals surface area contributed by atoms with Crippen LogP contribution in [-0.4, -0.2) is 31.7 Å². The Morgan fingerprint density at radius 3 is 2.45 bits per heavy atom. The summed E-state index contributed by atoms with van der Waals surface area (Å²) in [5.41, 5.74) is 1.85. The Morgan fingerprint density at radius 1 is 1.14 bits per heavy atom. The number of piperidine rings is 1. The predicted molar refractivity (Wildman–Crippen MR) is 119 cm³/mol. The van der Waals surface area contributed by atoms with Crippen molar-refractivity contribution in [2.45, 2.75) is 38.0 Å². The number of hydrogen-bond acceptors (Lipinski definition) is 3. The van der Waals surface area contributed by atoms with Crippen LogP contribution in [0.4, 0.5) is 0 Å². The summed E-state index contributed by atoms with van der Waals surface area (Å²) in [6.45, 7) is 2.82. The predicted octanol–water partition coefficient (Wildman–Crippen LogP) is 4.26. The van der Waals surface area contributed by atoms with Gasteiger partial charge in [0, 0.05) is 23.5 Å². The van der Waals surface area contributed by atoms with Crippen molar-refractivity contribution in [3.05, 3.63) is 70.2 Å². The highest BCUT2D eigenvalue weighted by atomic mass is 79.9. The van der Waals surface area contributed by atoms with Crippen molar-refractivity contribution in [3.8, 4) is 0 Å². The van der Waals surface area contributed by atoms with Crippen molar-refractivity contribution in [2.24, 2.45) is 5.92 Å². The second-order valence-corrected chi connectivity index (χ2v) is 10.3. The highest BCUT2D eigenvalue weighted by Crippen LogP contribution is 2.24. The first kappa shape index (κ1) is 22.0.